The Kier molecular flexibility index (Phi) is 4.75. The number of rotatable bonds is 4. The molecule has 2 aromatic carbocycles. The van der Waals surface area contributed by atoms with E-state index < -0.39 is 17.4 Å². The third kappa shape index (κ3) is 3.81. The average Bonchev–Trinajstić information content (AvgIpc) is 3.15. The van der Waals surface area contributed by atoms with E-state index in [0.717, 1.165) is 12.1 Å². The van der Waals surface area contributed by atoms with Crippen LogP contribution < -0.4 is 15.7 Å². The summed E-state index contributed by atoms with van der Waals surface area (Å²) >= 11 is 1.22. The van der Waals surface area contributed by atoms with Crippen LogP contribution in [0.25, 0.3) is 22.2 Å². The summed E-state index contributed by atoms with van der Waals surface area (Å²) < 4.78 is 48.6. The summed E-state index contributed by atoms with van der Waals surface area (Å²) in [6.07, 6.45) is -4.39. The molecule has 0 saturated heterocycles. The van der Waals surface area contributed by atoms with Gasteiger partial charge in [-0.25, -0.2) is 9.78 Å². The number of hydrogen-bond acceptors (Lipinski definition) is 6. The highest BCUT2D eigenvalue weighted by atomic mass is 32.1. The third-order valence-corrected chi connectivity index (χ3v) is 4.95. The third-order valence-electron chi connectivity index (χ3n) is 4.19. The number of nitrogens with one attached hydrogen (secondary N) is 1. The Morgan fingerprint density at radius 1 is 1.14 bits per heavy atom. The molecular formula is C20H13F3N2O3S. The first-order valence-electron chi connectivity index (χ1n) is 8.36. The summed E-state index contributed by atoms with van der Waals surface area (Å²) in [5, 5.41) is 5.73. The van der Waals surface area contributed by atoms with Crippen molar-refractivity contribution in [3.8, 4) is 17.0 Å². The van der Waals surface area contributed by atoms with Gasteiger partial charge in [0.1, 0.15) is 0 Å². The number of ether oxygens (including phenoxy) is 1. The van der Waals surface area contributed by atoms with Crippen LogP contribution in [0.1, 0.15) is 5.56 Å². The predicted octanol–water partition coefficient (Wildman–Crippen LogP) is 5.69. The number of aromatic nitrogens is 1. The number of halogens is 3. The van der Waals surface area contributed by atoms with Gasteiger partial charge >= 0.3 is 11.8 Å². The second-order valence-corrected chi connectivity index (χ2v) is 6.92. The Labute approximate surface area is 166 Å². The zero-order chi connectivity index (χ0) is 20.6. The fourth-order valence-corrected chi connectivity index (χ4v) is 3.51. The summed E-state index contributed by atoms with van der Waals surface area (Å²) in [5.41, 5.74) is 0.196. The fraction of sp³-hybridized carbons (Fsp3) is 0.100. The van der Waals surface area contributed by atoms with Crippen molar-refractivity contribution >= 4 is 33.1 Å². The van der Waals surface area contributed by atoms with Gasteiger partial charge in [-0.3, -0.25) is 0 Å². The van der Waals surface area contributed by atoms with Gasteiger partial charge in [0.15, 0.2) is 16.5 Å². The molecule has 0 aliphatic heterocycles. The first kappa shape index (κ1) is 19.0. The molecule has 148 valence electrons. The molecule has 9 heteroatoms. The van der Waals surface area contributed by atoms with E-state index in [0.29, 0.717) is 33.2 Å². The summed E-state index contributed by atoms with van der Waals surface area (Å²) in [6, 6.07) is 11.5. The molecule has 0 spiro atoms. The Morgan fingerprint density at radius 3 is 2.59 bits per heavy atom. The zero-order valence-electron chi connectivity index (χ0n) is 14.9. The highest BCUT2D eigenvalue weighted by molar-refractivity contribution is 7.14. The van der Waals surface area contributed by atoms with Crippen LogP contribution in [0.4, 0.5) is 24.0 Å². The second kappa shape index (κ2) is 7.25. The minimum absolute atomic E-state index is 0.280. The number of fused-ring (bicyclic) bond motifs is 1. The number of anilines is 2. The second-order valence-electron chi connectivity index (χ2n) is 6.06. The van der Waals surface area contributed by atoms with Gasteiger partial charge in [-0.2, -0.15) is 13.2 Å². The van der Waals surface area contributed by atoms with Gasteiger partial charge in [0.25, 0.3) is 0 Å². The van der Waals surface area contributed by atoms with Gasteiger partial charge < -0.3 is 14.5 Å². The number of benzene rings is 2. The van der Waals surface area contributed by atoms with E-state index in [1.165, 1.54) is 30.6 Å². The molecular weight excluding hydrogens is 405 g/mol. The normalized spacial score (nSPS) is 11.6. The van der Waals surface area contributed by atoms with Crippen molar-refractivity contribution < 1.29 is 22.3 Å². The highest BCUT2D eigenvalue weighted by Crippen LogP contribution is 2.32. The van der Waals surface area contributed by atoms with Crippen molar-refractivity contribution in [2.24, 2.45) is 0 Å². The Balaban J connectivity index is 1.62. The van der Waals surface area contributed by atoms with Gasteiger partial charge in [-0.1, -0.05) is 12.1 Å². The lowest BCUT2D eigenvalue weighted by Crippen LogP contribution is -2.04. The number of hydrogen-bond donors (Lipinski definition) is 1. The van der Waals surface area contributed by atoms with Crippen LogP contribution in [-0.4, -0.2) is 12.1 Å². The van der Waals surface area contributed by atoms with E-state index in [9.17, 15) is 18.0 Å². The monoisotopic (exact) mass is 418 g/mol. The number of alkyl halides is 3. The maximum atomic E-state index is 12.7. The summed E-state index contributed by atoms with van der Waals surface area (Å²) in [6.45, 7) is 0. The molecule has 2 aromatic heterocycles. The molecule has 0 atom stereocenters. The Morgan fingerprint density at radius 2 is 1.90 bits per heavy atom. The molecule has 4 rings (SSSR count). The first-order valence-corrected chi connectivity index (χ1v) is 9.24. The molecule has 0 aliphatic rings. The molecule has 29 heavy (non-hydrogen) atoms. The van der Waals surface area contributed by atoms with Crippen LogP contribution >= 0.6 is 11.3 Å². The van der Waals surface area contributed by atoms with E-state index in [2.05, 4.69) is 10.3 Å². The number of nitrogens with zero attached hydrogens (tertiary/aromatic N) is 1. The minimum Gasteiger partial charge on any atom is -0.493 e. The summed E-state index contributed by atoms with van der Waals surface area (Å²) in [7, 11) is 1.49. The Hall–Kier alpha value is -3.33. The zero-order valence-corrected chi connectivity index (χ0v) is 15.7. The smallest absolute Gasteiger partial charge is 0.416 e. The van der Waals surface area contributed by atoms with E-state index in [-0.39, 0.29) is 5.56 Å². The minimum atomic E-state index is -4.39. The maximum Gasteiger partial charge on any atom is 0.416 e. The van der Waals surface area contributed by atoms with Crippen molar-refractivity contribution in [1.29, 1.82) is 0 Å². The molecule has 0 bridgehead atoms. The van der Waals surface area contributed by atoms with Gasteiger partial charge in [0, 0.05) is 16.5 Å². The first-order chi connectivity index (χ1) is 13.8. The van der Waals surface area contributed by atoms with E-state index in [4.69, 9.17) is 9.15 Å². The molecule has 0 aliphatic carbocycles. The molecule has 0 amide bonds. The van der Waals surface area contributed by atoms with Crippen LogP contribution in [0.2, 0.25) is 0 Å². The molecule has 0 radical (unpaired) electrons. The molecule has 0 unspecified atom stereocenters. The maximum absolute atomic E-state index is 12.7. The van der Waals surface area contributed by atoms with Gasteiger partial charge in [-0.05, 0) is 36.4 Å². The molecule has 5 nitrogen and oxygen atoms in total. The SMILES string of the molecule is COc1cccc2cc(-c3csc(Nc4ccc(C(F)(F)F)cc4)n3)c(=O)oc12. The van der Waals surface area contributed by atoms with E-state index >= 15 is 0 Å². The molecule has 0 fully saturated rings. The molecule has 2 heterocycles. The van der Waals surface area contributed by atoms with Crippen LogP contribution in [0.5, 0.6) is 5.75 Å². The highest BCUT2D eigenvalue weighted by Gasteiger charge is 2.29. The quantitative estimate of drug-likeness (QED) is 0.432. The Bertz CT molecular complexity index is 1230. The molecule has 1 N–H and O–H groups in total. The van der Waals surface area contributed by atoms with Crippen molar-refractivity contribution in [2.75, 3.05) is 12.4 Å². The van der Waals surface area contributed by atoms with Gasteiger partial charge in [0.05, 0.1) is 23.9 Å². The molecule has 4 aromatic rings. The van der Waals surface area contributed by atoms with Crippen LogP contribution in [0, 0.1) is 0 Å². The fourth-order valence-electron chi connectivity index (χ4n) is 2.78. The van der Waals surface area contributed by atoms with Crippen molar-refractivity contribution in [2.45, 2.75) is 6.18 Å². The lowest BCUT2D eigenvalue weighted by Gasteiger charge is -2.07. The van der Waals surface area contributed by atoms with Crippen LogP contribution in [0.15, 0.2) is 63.1 Å². The lowest BCUT2D eigenvalue weighted by atomic mass is 10.1. The van der Waals surface area contributed by atoms with Crippen molar-refractivity contribution in [3.63, 3.8) is 0 Å². The number of methoxy groups -OCH3 is 1. The van der Waals surface area contributed by atoms with Crippen molar-refractivity contribution in [1.82, 2.24) is 4.98 Å². The number of thiazole rings is 1. The topological polar surface area (TPSA) is 64.4 Å². The molecule has 0 saturated carbocycles. The van der Waals surface area contributed by atoms with Gasteiger partial charge in [-0.15, -0.1) is 11.3 Å². The van der Waals surface area contributed by atoms with Crippen LogP contribution in [0.3, 0.4) is 0 Å². The van der Waals surface area contributed by atoms with E-state index in [1.54, 1.807) is 29.6 Å². The van der Waals surface area contributed by atoms with Crippen molar-refractivity contribution in [3.05, 3.63) is 69.9 Å². The van der Waals surface area contributed by atoms with E-state index in [1.807, 2.05) is 0 Å². The summed E-state index contributed by atoms with van der Waals surface area (Å²) in [4.78, 5) is 16.8. The standard InChI is InChI=1S/C20H13F3N2O3S/c1-27-16-4-2-3-11-9-14(18(26)28-17(11)16)15-10-29-19(25-15)24-13-7-5-12(6-8-13)20(21,22)23/h2-10H,1H3,(H,24,25). The number of para-hydroxylation sites is 1. The predicted molar refractivity (Wildman–Crippen MR) is 105 cm³/mol. The lowest BCUT2D eigenvalue weighted by molar-refractivity contribution is -0.137. The summed E-state index contributed by atoms with van der Waals surface area (Å²) in [5.74, 6) is 0.453. The largest absolute Gasteiger partial charge is 0.493 e. The average molecular weight is 418 g/mol. The van der Waals surface area contributed by atoms with Gasteiger partial charge in [0.2, 0.25) is 0 Å². The van der Waals surface area contributed by atoms with Crippen LogP contribution in [-0.2, 0) is 6.18 Å².